The van der Waals surface area contributed by atoms with E-state index in [1.54, 1.807) is 22.9 Å². The smallest absolute Gasteiger partial charge is 0.254 e. The van der Waals surface area contributed by atoms with Crippen LogP contribution in [0.2, 0.25) is 0 Å². The van der Waals surface area contributed by atoms with Gasteiger partial charge >= 0.3 is 0 Å². The van der Waals surface area contributed by atoms with Gasteiger partial charge in [0.15, 0.2) is 18.9 Å². The van der Waals surface area contributed by atoms with Gasteiger partial charge in [-0.05, 0) is 6.07 Å². The lowest BCUT2D eigenvalue weighted by Crippen LogP contribution is -2.35. The maximum absolute atomic E-state index is 11.9. The summed E-state index contributed by atoms with van der Waals surface area (Å²) in [5, 5.41) is 0. The maximum atomic E-state index is 11.9. The van der Waals surface area contributed by atoms with Crippen LogP contribution in [-0.4, -0.2) is 12.6 Å². The van der Waals surface area contributed by atoms with E-state index in [1.807, 2.05) is 0 Å². The molecule has 0 bridgehead atoms. The molecule has 0 aliphatic rings. The zero-order chi connectivity index (χ0) is 8.97. The fourth-order valence-corrected chi connectivity index (χ4v) is 0.904. The number of carbonyl (C=O) groups is 1. The third-order valence-electron chi connectivity index (χ3n) is 1.49. The minimum atomic E-state index is -0.497. The van der Waals surface area contributed by atoms with E-state index in [9.17, 15) is 9.18 Å². The van der Waals surface area contributed by atoms with Gasteiger partial charge in [-0.3, -0.25) is 4.79 Å². The molecule has 0 aliphatic carbocycles. The summed E-state index contributed by atoms with van der Waals surface area (Å²) < 4.78 is 13.5. The minimum Gasteiger partial charge on any atom is -0.365 e. The molecule has 0 spiro atoms. The average molecular weight is 169 g/mol. The lowest BCUT2D eigenvalue weighted by Gasteiger charge is -1.94. The van der Waals surface area contributed by atoms with Crippen molar-refractivity contribution in [3.05, 3.63) is 30.1 Å². The number of aryl methyl sites for hydroxylation is 1. The third kappa shape index (κ3) is 2.02. The second kappa shape index (κ2) is 3.80. The SMILES string of the molecule is NC(=O)c1ccc[n+](CCF)c1. The van der Waals surface area contributed by atoms with Crippen molar-refractivity contribution in [2.45, 2.75) is 6.54 Å². The summed E-state index contributed by atoms with van der Waals surface area (Å²) >= 11 is 0. The first-order chi connectivity index (χ1) is 5.74. The van der Waals surface area contributed by atoms with Crippen LogP contribution in [0.25, 0.3) is 0 Å². The Labute approximate surface area is 69.6 Å². The Morgan fingerprint density at radius 3 is 3.00 bits per heavy atom. The van der Waals surface area contributed by atoms with Crippen LogP contribution in [0.5, 0.6) is 0 Å². The molecule has 3 nitrogen and oxygen atoms in total. The zero-order valence-corrected chi connectivity index (χ0v) is 6.53. The second-order valence-corrected chi connectivity index (χ2v) is 2.38. The van der Waals surface area contributed by atoms with E-state index in [1.165, 1.54) is 6.20 Å². The Hall–Kier alpha value is -1.45. The lowest BCUT2D eigenvalue weighted by molar-refractivity contribution is -0.697. The largest absolute Gasteiger partial charge is 0.365 e. The highest BCUT2D eigenvalue weighted by Crippen LogP contribution is 1.91. The molecule has 0 fully saturated rings. The molecule has 0 unspecified atom stereocenters. The first-order valence-corrected chi connectivity index (χ1v) is 3.59. The molecule has 1 rings (SSSR count). The van der Waals surface area contributed by atoms with Crippen LogP contribution in [0, 0.1) is 0 Å². The van der Waals surface area contributed by atoms with Gasteiger partial charge in [-0.25, -0.2) is 8.96 Å². The van der Waals surface area contributed by atoms with Crippen molar-refractivity contribution in [1.29, 1.82) is 0 Å². The first kappa shape index (κ1) is 8.64. The van der Waals surface area contributed by atoms with Crippen LogP contribution in [0.1, 0.15) is 10.4 Å². The van der Waals surface area contributed by atoms with Crippen molar-refractivity contribution in [2.24, 2.45) is 5.73 Å². The first-order valence-electron chi connectivity index (χ1n) is 3.59. The molecule has 1 heterocycles. The van der Waals surface area contributed by atoms with Crippen LogP contribution < -0.4 is 10.3 Å². The van der Waals surface area contributed by atoms with E-state index in [0.29, 0.717) is 5.56 Å². The van der Waals surface area contributed by atoms with Gasteiger partial charge in [0.1, 0.15) is 12.2 Å². The van der Waals surface area contributed by atoms with Crippen molar-refractivity contribution in [3.8, 4) is 0 Å². The number of nitrogens with zero attached hydrogens (tertiary/aromatic N) is 1. The summed E-state index contributed by atoms with van der Waals surface area (Å²) in [5.74, 6) is -0.497. The van der Waals surface area contributed by atoms with Gasteiger partial charge < -0.3 is 5.73 Å². The maximum Gasteiger partial charge on any atom is 0.254 e. The number of alkyl halides is 1. The Kier molecular flexibility index (Phi) is 2.74. The number of rotatable bonds is 3. The second-order valence-electron chi connectivity index (χ2n) is 2.38. The highest BCUT2D eigenvalue weighted by atomic mass is 19.1. The number of carbonyl (C=O) groups excluding carboxylic acids is 1. The summed E-state index contributed by atoms with van der Waals surface area (Å²) in [7, 11) is 0. The quantitative estimate of drug-likeness (QED) is 0.638. The van der Waals surface area contributed by atoms with Crippen molar-refractivity contribution < 1.29 is 13.8 Å². The summed E-state index contributed by atoms with van der Waals surface area (Å²) in [5.41, 5.74) is 5.43. The Balaban J connectivity index is 2.88. The summed E-state index contributed by atoms with van der Waals surface area (Å²) in [6.07, 6.45) is 3.22. The molecule has 0 aliphatic heterocycles. The molecule has 1 aromatic heterocycles. The lowest BCUT2D eigenvalue weighted by atomic mass is 10.3. The third-order valence-corrected chi connectivity index (χ3v) is 1.49. The molecular formula is C8H10FN2O+. The Morgan fingerprint density at radius 1 is 1.67 bits per heavy atom. The number of hydrogen-bond donors (Lipinski definition) is 1. The standard InChI is InChI=1S/C8H9FN2O/c9-3-5-11-4-1-2-7(6-11)8(10)12/h1-2,4,6H,3,5H2,(H-,10,12)/p+1. The molecule has 0 aromatic carbocycles. The number of halogens is 1. The minimum absolute atomic E-state index is 0.251. The van der Waals surface area contributed by atoms with Crippen LogP contribution in [0.3, 0.4) is 0 Å². The predicted molar refractivity (Wildman–Crippen MR) is 41.1 cm³/mol. The Morgan fingerprint density at radius 2 is 2.42 bits per heavy atom. The van der Waals surface area contributed by atoms with Crippen LogP contribution in [0.4, 0.5) is 4.39 Å². The van der Waals surface area contributed by atoms with Gasteiger partial charge in [0, 0.05) is 6.07 Å². The molecule has 1 aromatic rings. The van der Waals surface area contributed by atoms with E-state index < -0.39 is 12.6 Å². The molecule has 12 heavy (non-hydrogen) atoms. The van der Waals surface area contributed by atoms with E-state index in [-0.39, 0.29) is 6.54 Å². The normalized spacial score (nSPS) is 9.75. The zero-order valence-electron chi connectivity index (χ0n) is 6.53. The van der Waals surface area contributed by atoms with Crippen molar-refractivity contribution in [2.75, 3.05) is 6.67 Å². The van der Waals surface area contributed by atoms with Crippen LogP contribution in [0.15, 0.2) is 24.5 Å². The topological polar surface area (TPSA) is 47.0 Å². The molecule has 0 saturated carbocycles. The van der Waals surface area contributed by atoms with Gasteiger partial charge in [-0.15, -0.1) is 0 Å². The summed E-state index contributed by atoms with van der Waals surface area (Å²) in [4.78, 5) is 10.7. The predicted octanol–water partition coefficient (Wildman–Crippen LogP) is 0.0425. The number of pyridine rings is 1. The fourth-order valence-electron chi connectivity index (χ4n) is 0.904. The number of aromatic nitrogens is 1. The van der Waals surface area contributed by atoms with E-state index >= 15 is 0 Å². The average Bonchev–Trinajstić information content (AvgIpc) is 2.05. The molecule has 0 saturated heterocycles. The van der Waals surface area contributed by atoms with Gasteiger partial charge in [0.2, 0.25) is 0 Å². The van der Waals surface area contributed by atoms with Gasteiger partial charge in [-0.2, -0.15) is 0 Å². The molecule has 0 radical (unpaired) electrons. The van der Waals surface area contributed by atoms with Crippen LogP contribution in [-0.2, 0) is 6.54 Å². The number of nitrogens with two attached hydrogens (primary N) is 1. The molecule has 4 heteroatoms. The number of hydrogen-bond acceptors (Lipinski definition) is 1. The van der Waals surface area contributed by atoms with Gasteiger partial charge in [0.05, 0.1) is 0 Å². The molecular weight excluding hydrogens is 159 g/mol. The van der Waals surface area contributed by atoms with Crippen molar-refractivity contribution in [1.82, 2.24) is 0 Å². The summed E-state index contributed by atoms with van der Waals surface area (Å²) in [6.45, 7) is -0.200. The Bertz CT molecular complexity index is 288. The van der Waals surface area contributed by atoms with Crippen molar-refractivity contribution in [3.63, 3.8) is 0 Å². The molecule has 2 N–H and O–H groups in total. The molecule has 0 atom stereocenters. The fraction of sp³-hybridized carbons (Fsp3) is 0.250. The van der Waals surface area contributed by atoms with Gasteiger partial charge in [-0.1, -0.05) is 0 Å². The van der Waals surface area contributed by atoms with Crippen LogP contribution >= 0.6 is 0 Å². The molecule has 64 valence electrons. The highest BCUT2D eigenvalue weighted by Gasteiger charge is 2.05. The number of primary amides is 1. The summed E-state index contributed by atoms with van der Waals surface area (Å²) in [6, 6.07) is 3.26. The van der Waals surface area contributed by atoms with E-state index in [0.717, 1.165) is 0 Å². The molecule has 1 amide bonds. The van der Waals surface area contributed by atoms with Crippen molar-refractivity contribution >= 4 is 5.91 Å². The van der Waals surface area contributed by atoms with Gasteiger partial charge in [0.25, 0.3) is 5.91 Å². The van der Waals surface area contributed by atoms with E-state index in [4.69, 9.17) is 5.73 Å². The van der Waals surface area contributed by atoms with E-state index in [2.05, 4.69) is 0 Å². The number of amides is 1. The monoisotopic (exact) mass is 169 g/mol. The highest BCUT2D eigenvalue weighted by molar-refractivity contribution is 5.92.